The van der Waals surface area contributed by atoms with E-state index in [2.05, 4.69) is 0 Å². The Morgan fingerprint density at radius 1 is 1.03 bits per heavy atom. The molecule has 9 atom stereocenters. The molecule has 0 unspecified atom stereocenters. The minimum atomic E-state index is -1.86. The highest BCUT2D eigenvalue weighted by molar-refractivity contribution is 5.89. The highest BCUT2D eigenvalue weighted by Crippen LogP contribution is 2.44. The molecule has 3 aliphatic rings. The number of hydrogen-bond acceptors (Lipinski definition) is 11. The minimum Gasteiger partial charge on any atom is -0.472 e. The van der Waals surface area contributed by atoms with Crippen LogP contribution in [0.1, 0.15) is 10.4 Å². The molecule has 2 aliphatic heterocycles. The number of carbonyl (C=O) groups is 1. The predicted octanol–water partition coefficient (Wildman–Crippen LogP) is -1.82. The number of benzene rings is 1. The standard InChI is InChI=1S/C22H26O11/c23-9-13-16(25)17(26)18(27)21(32-13)33-20-15-12(8-14(24)22(15,29)6-7-30-20)10-31-19(28)11-4-2-1-3-5-11/h1-8,13-18,20-21,23-27,29H,9-10H2/t13-,14-,15+,16+,17+,18+,20+,21+,22+/m1/s1. The average molecular weight is 466 g/mol. The lowest BCUT2D eigenvalue weighted by Crippen LogP contribution is -2.61. The van der Waals surface area contributed by atoms with Gasteiger partial charge in [-0.3, -0.25) is 0 Å². The van der Waals surface area contributed by atoms with Gasteiger partial charge >= 0.3 is 5.97 Å². The van der Waals surface area contributed by atoms with Crippen LogP contribution in [0.15, 0.2) is 54.3 Å². The summed E-state index contributed by atoms with van der Waals surface area (Å²) in [5.74, 6) is -1.67. The summed E-state index contributed by atoms with van der Waals surface area (Å²) in [4.78, 5) is 12.3. The average Bonchev–Trinajstić information content (AvgIpc) is 3.08. The molecule has 11 heteroatoms. The van der Waals surface area contributed by atoms with Gasteiger partial charge in [-0.25, -0.2) is 4.79 Å². The fourth-order valence-electron chi connectivity index (χ4n) is 4.19. The molecule has 1 aliphatic carbocycles. The summed E-state index contributed by atoms with van der Waals surface area (Å²) in [7, 11) is 0. The summed E-state index contributed by atoms with van der Waals surface area (Å²) in [6.07, 6.45) is -6.71. The van der Waals surface area contributed by atoms with Crippen molar-refractivity contribution in [2.24, 2.45) is 5.92 Å². The molecule has 1 saturated heterocycles. The van der Waals surface area contributed by atoms with Gasteiger partial charge in [-0.05, 0) is 29.9 Å². The van der Waals surface area contributed by atoms with E-state index in [1.165, 1.54) is 12.2 Å². The third-order valence-electron chi connectivity index (χ3n) is 6.06. The van der Waals surface area contributed by atoms with Crippen LogP contribution in [-0.2, 0) is 18.9 Å². The SMILES string of the molecule is O=C(OCC1=C[C@@H](O)[C@@]2(O)C=CO[C@@H](O[C@@H]3O[C@H](CO)[C@H](O)[C@H](O)[C@@H]3O)[C@H]12)c1ccccc1. The smallest absolute Gasteiger partial charge is 0.338 e. The second-order valence-electron chi connectivity index (χ2n) is 8.13. The van der Waals surface area contributed by atoms with Crippen molar-refractivity contribution in [2.75, 3.05) is 13.2 Å². The summed E-state index contributed by atoms with van der Waals surface area (Å²) in [6.45, 7) is -0.938. The number of hydrogen-bond donors (Lipinski definition) is 6. The number of aliphatic hydroxyl groups is 6. The number of carbonyl (C=O) groups excluding carboxylic acids is 1. The Balaban J connectivity index is 1.50. The van der Waals surface area contributed by atoms with Gasteiger partial charge in [0, 0.05) is 0 Å². The molecular weight excluding hydrogens is 440 g/mol. The minimum absolute atomic E-state index is 0.288. The Bertz CT molecular complexity index is 901. The molecule has 2 heterocycles. The highest BCUT2D eigenvalue weighted by atomic mass is 16.8. The van der Waals surface area contributed by atoms with Crippen LogP contribution in [0.2, 0.25) is 0 Å². The molecule has 0 aromatic heterocycles. The molecule has 1 aromatic rings. The molecule has 0 saturated carbocycles. The topological polar surface area (TPSA) is 175 Å². The molecular formula is C22H26O11. The number of esters is 1. The van der Waals surface area contributed by atoms with Crippen molar-refractivity contribution in [2.45, 2.75) is 48.7 Å². The van der Waals surface area contributed by atoms with E-state index in [1.54, 1.807) is 30.3 Å². The van der Waals surface area contributed by atoms with Gasteiger partial charge in [0.15, 0.2) is 6.29 Å². The van der Waals surface area contributed by atoms with Gasteiger partial charge in [-0.2, -0.15) is 0 Å². The molecule has 33 heavy (non-hydrogen) atoms. The van der Waals surface area contributed by atoms with E-state index in [0.29, 0.717) is 11.1 Å². The molecule has 0 spiro atoms. The first-order valence-corrected chi connectivity index (χ1v) is 10.4. The lowest BCUT2D eigenvalue weighted by Gasteiger charge is -2.44. The second-order valence-corrected chi connectivity index (χ2v) is 8.13. The molecule has 11 nitrogen and oxygen atoms in total. The number of rotatable bonds is 6. The van der Waals surface area contributed by atoms with Crippen molar-refractivity contribution < 1.29 is 54.4 Å². The maximum atomic E-state index is 12.3. The monoisotopic (exact) mass is 466 g/mol. The maximum absolute atomic E-state index is 12.3. The van der Waals surface area contributed by atoms with Crippen LogP contribution in [0.4, 0.5) is 0 Å². The van der Waals surface area contributed by atoms with Crippen molar-refractivity contribution >= 4 is 5.97 Å². The zero-order valence-electron chi connectivity index (χ0n) is 17.4. The van der Waals surface area contributed by atoms with Crippen molar-refractivity contribution in [3.05, 3.63) is 59.9 Å². The Morgan fingerprint density at radius 3 is 2.45 bits per heavy atom. The predicted molar refractivity (Wildman–Crippen MR) is 108 cm³/mol. The van der Waals surface area contributed by atoms with Crippen LogP contribution in [0.25, 0.3) is 0 Å². The lowest BCUT2D eigenvalue weighted by atomic mass is 9.83. The van der Waals surface area contributed by atoms with E-state index in [4.69, 9.17) is 18.9 Å². The molecule has 0 bridgehead atoms. The van der Waals surface area contributed by atoms with Gasteiger partial charge in [0.2, 0.25) is 6.29 Å². The molecule has 0 amide bonds. The Kier molecular flexibility index (Phi) is 6.84. The van der Waals surface area contributed by atoms with Crippen LogP contribution >= 0.6 is 0 Å². The van der Waals surface area contributed by atoms with E-state index < -0.39 is 67.2 Å². The Morgan fingerprint density at radius 2 is 1.76 bits per heavy atom. The first kappa shape index (κ1) is 23.8. The molecule has 1 fully saturated rings. The Hall–Kier alpha value is -2.35. The van der Waals surface area contributed by atoms with Crippen molar-refractivity contribution in [1.29, 1.82) is 0 Å². The quantitative estimate of drug-likeness (QED) is 0.206. The molecule has 6 N–H and O–H groups in total. The van der Waals surface area contributed by atoms with Gasteiger partial charge in [-0.1, -0.05) is 18.2 Å². The van der Waals surface area contributed by atoms with Crippen LogP contribution in [0, 0.1) is 5.92 Å². The van der Waals surface area contributed by atoms with E-state index in [0.717, 1.165) is 6.26 Å². The fourth-order valence-corrected chi connectivity index (χ4v) is 4.19. The largest absolute Gasteiger partial charge is 0.472 e. The van der Waals surface area contributed by atoms with Crippen LogP contribution in [-0.4, -0.2) is 98.5 Å². The third kappa shape index (κ3) is 4.42. The molecule has 1 aromatic carbocycles. The first-order valence-electron chi connectivity index (χ1n) is 10.4. The van der Waals surface area contributed by atoms with Crippen molar-refractivity contribution in [1.82, 2.24) is 0 Å². The van der Waals surface area contributed by atoms with E-state index in [-0.39, 0.29) is 6.61 Å². The number of aliphatic hydroxyl groups excluding tert-OH is 5. The highest BCUT2D eigenvalue weighted by Gasteiger charge is 2.56. The summed E-state index contributed by atoms with van der Waals surface area (Å²) in [5, 5.41) is 61.1. The maximum Gasteiger partial charge on any atom is 0.338 e. The summed E-state index contributed by atoms with van der Waals surface area (Å²) < 4.78 is 21.8. The molecule has 4 rings (SSSR count). The van der Waals surface area contributed by atoms with Gasteiger partial charge in [-0.15, -0.1) is 0 Å². The van der Waals surface area contributed by atoms with E-state index >= 15 is 0 Å². The summed E-state index contributed by atoms with van der Waals surface area (Å²) in [5.41, 5.74) is -1.24. The van der Waals surface area contributed by atoms with E-state index in [1.807, 2.05) is 0 Å². The zero-order chi connectivity index (χ0) is 23.8. The molecule has 180 valence electrons. The van der Waals surface area contributed by atoms with Crippen molar-refractivity contribution in [3.8, 4) is 0 Å². The fraction of sp³-hybridized carbons (Fsp3) is 0.500. The van der Waals surface area contributed by atoms with Gasteiger partial charge in [0.25, 0.3) is 0 Å². The normalized spacial score (nSPS) is 40.0. The van der Waals surface area contributed by atoms with Crippen LogP contribution < -0.4 is 0 Å². The Labute approximate surface area is 188 Å². The zero-order valence-corrected chi connectivity index (χ0v) is 17.4. The van der Waals surface area contributed by atoms with E-state index in [9.17, 15) is 35.4 Å². The van der Waals surface area contributed by atoms with Gasteiger partial charge in [0.05, 0.1) is 24.4 Å². The second kappa shape index (κ2) is 9.49. The first-order chi connectivity index (χ1) is 15.8. The summed E-state index contributed by atoms with van der Waals surface area (Å²) >= 11 is 0. The third-order valence-corrected chi connectivity index (χ3v) is 6.06. The van der Waals surface area contributed by atoms with Gasteiger partial charge < -0.3 is 49.6 Å². The number of fused-ring (bicyclic) bond motifs is 1. The summed E-state index contributed by atoms with van der Waals surface area (Å²) in [6, 6.07) is 8.26. The van der Waals surface area contributed by atoms with Crippen LogP contribution in [0.5, 0.6) is 0 Å². The van der Waals surface area contributed by atoms with Crippen LogP contribution in [0.3, 0.4) is 0 Å². The van der Waals surface area contributed by atoms with Gasteiger partial charge in [0.1, 0.15) is 42.7 Å². The molecule has 0 radical (unpaired) electrons. The number of ether oxygens (including phenoxy) is 4. The lowest BCUT2D eigenvalue weighted by molar-refractivity contribution is -0.344. The van der Waals surface area contributed by atoms with Crippen molar-refractivity contribution in [3.63, 3.8) is 0 Å².